The molecule has 0 radical (unpaired) electrons. The number of hydrogen-bond acceptors (Lipinski definition) is 5. The van der Waals surface area contributed by atoms with Crippen molar-refractivity contribution in [1.82, 2.24) is 34.4 Å². The van der Waals surface area contributed by atoms with Crippen molar-refractivity contribution in [2.75, 3.05) is 6.54 Å². The first-order valence-electron chi connectivity index (χ1n) is 10.9. The molecule has 1 aliphatic heterocycles. The molecule has 4 heterocycles. The van der Waals surface area contributed by atoms with Crippen LogP contribution in [-0.4, -0.2) is 46.9 Å². The molecular formula is C25H25N7O. The zero-order chi connectivity index (χ0) is 22.9. The predicted octanol–water partition coefficient (Wildman–Crippen LogP) is 4.10. The standard InChI is InChI=1S/C25H25N7O/c1-17-9-24(7-8-31(17)18(2)33)32-16-23(14-29-32)21-11-26-25(27-12-21)20-6-4-5-19(10-20)22-13-28-30(3)15-22/h4-6,10-16,24H,1,7-9H2,2-3H3/t24-/m1/s1. The number of allylic oxidation sites excluding steroid dienone is 1. The molecule has 1 aliphatic rings. The van der Waals surface area contributed by atoms with Crippen molar-refractivity contribution in [3.8, 4) is 33.6 Å². The SMILES string of the molecule is C=C1C[C@H](n2cc(-c3cnc(-c4cccc(-c5cnn(C)c5)c4)nc3)cn2)CCN1C(C)=O. The van der Waals surface area contributed by atoms with Crippen LogP contribution in [0, 0.1) is 0 Å². The molecule has 1 saturated heterocycles. The number of hydrogen-bond donors (Lipinski definition) is 0. The summed E-state index contributed by atoms with van der Waals surface area (Å²) >= 11 is 0. The average Bonchev–Trinajstić information content (AvgIpc) is 3.49. The summed E-state index contributed by atoms with van der Waals surface area (Å²) in [6, 6.07) is 8.33. The fraction of sp³-hybridized carbons (Fsp3) is 0.240. The zero-order valence-electron chi connectivity index (χ0n) is 18.7. The van der Waals surface area contributed by atoms with Crippen LogP contribution in [0.15, 0.2) is 73.7 Å². The van der Waals surface area contributed by atoms with E-state index >= 15 is 0 Å². The van der Waals surface area contributed by atoms with Gasteiger partial charge in [0.1, 0.15) is 0 Å². The summed E-state index contributed by atoms with van der Waals surface area (Å²) < 4.78 is 3.75. The summed E-state index contributed by atoms with van der Waals surface area (Å²) in [5, 5.41) is 8.80. The van der Waals surface area contributed by atoms with E-state index in [1.807, 2.05) is 61.0 Å². The number of carbonyl (C=O) groups is 1. The van der Waals surface area contributed by atoms with E-state index in [1.54, 1.807) is 16.5 Å². The monoisotopic (exact) mass is 439 g/mol. The number of rotatable bonds is 4. The lowest BCUT2D eigenvalue weighted by molar-refractivity contribution is -0.127. The maximum Gasteiger partial charge on any atom is 0.223 e. The third-order valence-corrected chi connectivity index (χ3v) is 6.04. The van der Waals surface area contributed by atoms with Crippen LogP contribution in [0.1, 0.15) is 25.8 Å². The second-order valence-corrected chi connectivity index (χ2v) is 8.37. The van der Waals surface area contributed by atoms with Gasteiger partial charge in [0.2, 0.25) is 5.91 Å². The van der Waals surface area contributed by atoms with E-state index in [1.165, 1.54) is 0 Å². The number of benzene rings is 1. The van der Waals surface area contributed by atoms with Crippen LogP contribution in [0.4, 0.5) is 0 Å². The summed E-state index contributed by atoms with van der Waals surface area (Å²) in [6.07, 6.45) is 12.9. The van der Waals surface area contributed by atoms with Crippen LogP contribution in [0.25, 0.3) is 33.6 Å². The molecule has 5 rings (SSSR count). The number of likely N-dealkylation sites (tertiary alicyclic amines) is 1. The highest BCUT2D eigenvalue weighted by molar-refractivity contribution is 5.75. The molecule has 1 fully saturated rings. The van der Waals surface area contributed by atoms with Crippen molar-refractivity contribution in [2.45, 2.75) is 25.8 Å². The van der Waals surface area contributed by atoms with Crippen molar-refractivity contribution in [1.29, 1.82) is 0 Å². The van der Waals surface area contributed by atoms with E-state index in [9.17, 15) is 4.79 Å². The number of carbonyl (C=O) groups excluding carboxylic acids is 1. The molecule has 0 unspecified atom stereocenters. The molecule has 0 saturated carbocycles. The molecule has 1 amide bonds. The molecule has 1 atom stereocenters. The fourth-order valence-electron chi connectivity index (χ4n) is 4.25. The van der Waals surface area contributed by atoms with E-state index in [0.717, 1.165) is 39.9 Å². The molecular weight excluding hydrogens is 414 g/mol. The highest BCUT2D eigenvalue weighted by atomic mass is 16.2. The minimum Gasteiger partial charge on any atom is -0.317 e. The van der Waals surface area contributed by atoms with Gasteiger partial charge in [0, 0.05) is 79.7 Å². The molecule has 166 valence electrons. The molecule has 0 N–H and O–H groups in total. The van der Waals surface area contributed by atoms with E-state index in [2.05, 4.69) is 38.9 Å². The predicted molar refractivity (Wildman–Crippen MR) is 126 cm³/mol. The van der Waals surface area contributed by atoms with Crippen molar-refractivity contribution in [2.24, 2.45) is 7.05 Å². The van der Waals surface area contributed by atoms with Crippen molar-refractivity contribution >= 4 is 5.91 Å². The van der Waals surface area contributed by atoms with Crippen LogP contribution in [0.2, 0.25) is 0 Å². The van der Waals surface area contributed by atoms with Crippen molar-refractivity contribution in [3.63, 3.8) is 0 Å². The Kier molecular flexibility index (Phi) is 5.34. The molecule has 3 aromatic heterocycles. The van der Waals surface area contributed by atoms with Gasteiger partial charge in [-0.2, -0.15) is 10.2 Å². The van der Waals surface area contributed by atoms with Gasteiger partial charge in [-0.25, -0.2) is 9.97 Å². The molecule has 4 aromatic rings. The molecule has 0 aliphatic carbocycles. The van der Waals surface area contributed by atoms with Gasteiger partial charge in [-0.15, -0.1) is 0 Å². The Labute approximate surface area is 192 Å². The number of amides is 1. The molecule has 33 heavy (non-hydrogen) atoms. The number of aryl methyl sites for hydroxylation is 1. The van der Waals surface area contributed by atoms with Gasteiger partial charge in [-0.1, -0.05) is 24.8 Å². The minimum atomic E-state index is 0.0443. The Morgan fingerprint density at radius 2 is 1.70 bits per heavy atom. The lowest BCUT2D eigenvalue weighted by atomic mass is 10.0. The Morgan fingerprint density at radius 3 is 2.39 bits per heavy atom. The van der Waals surface area contributed by atoms with E-state index in [-0.39, 0.29) is 11.9 Å². The number of aromatic nitrogens is 6. The smallest absolute Gasteiger partial charge is 0.223 e. The zero-order valence-corrected chi connectivity index (χ0v) is 18.7. The normalized spacial score (nSPS) is 16.2. The molecule has 0 bridgehead atoms. The van der Waals surface area contributed by atoms with E-state index in [4.69, 9.17) is 0 Å². The highest BCUT2D eigenvalue weighted by Gasteiger charge is 2.25. The lowest BCUT2D eigenvalue weighted by Crippen LogP contribution is -2.35. The van der Waals surface area contributed by atoms with Crippen molar-refractivity contribution in [3.05, 3.63) is 73.7 Å². The topological polar surface area (TPSA) is 81.7 Å². The van der Waals surface area contributed by atoms with Crippen LogP contribution in [0.5, 0.6) is 0 Å². The summed E-state index contributed by atoms with van der Waals surface area (Å²) in [5.41, 5.74) is 5.80. The summed E-state index contributed by atoms with van der Waals surface area (Å²) in [7, 11) is 1.91. The average molecular weight is 440 g/mol. The first kappa shape index (κ1) is 20.8. The highest BCUT2D eigenvalue weighted by Crippen LogP contribution is 2.30. The lowest BCUT2D eigenvalue weighted by Gasteiger charge is -2.33. The quantitative estimate of drug-likeness (QED) is 0.478. The van der Waals surface area contributed by atoms with Crippen LogP contribution in [-0.2, 0) is 11.8 Å². The maximum atomic E-state index is 11.7. The first-order valence-corrected chi connectivity index (χ1v) is 10.9. The molecule has 8 nitrogen and oxygen atoms in total. The van der Waals surface area contributed by atoms with Gasteiger partial charge in [0.05, 0.1) is 18.4 Å². The minimum absolute atomic E-state index is 0.0443. The van der Waals surface area contributed by atoms with E-state index < -0.39 is 0 Å². The second-order valence-electron chi connectivity index (χ2n) is 8.37. The largest absolute Gasteiger partial charge is 0.317 e. The summed E-state index contributed by atoms with van der Waals surface area (Å²) in [4.78, 5) is 22.6. The third-order valence-electron chi connectivity index (χ3n) is 6.04. The summed E-state index contributed by atoms with van der Waals surface area (Å²) in [5.74, 6) is 0.715. The second kappa shape index (κ2) is 8.46. The van der Waals surface area contributed by atoms with Gasteiger partial charge in [0.25, 0.3) is 0 Å². The Morgan fingerprint density at radius 1 is 0.970 bits per heavy atom. The van der Waals surface area contributed by atoms with Crippen LogP contribution < -0.4 is 0 Å². The van der Waals surface area contributed by atoms with Gasteiger partial charge in [0.15, 0.2) is 5.82 Å². The summed E-state index contributed by atoms with van der Waals surface area (Å²) in [6.45, 7) is 6.31. The van der Waals surface area contributed by atoms with Gasteiger partial charge in [-0.3, -0.25) is 14.2 Å². The Hall–Kier alpha value is -4.07. The fourth-order valence-corrected chi connectivity index (χ4v) is 4.25. The number of nitrogens with zero attached hydrogens (tertiary/aromatic N) is 7. The van der Waals surface area contributed by atoms with Gasteiger partial charge >= 0.3 is 0 Å². The van der Waals surface area contributed by atoms with Crippen molar-refractivity contribution < 1.29 is 4.79 Å². The molecule has 8 heteroatoms. The van der Waals surface area contributed by atoms with E-state index in [0.29, 0.717) is 18.8 Å². The third kappa shape index (κ3) is 4.19. The Bertz CT molecular complexity index is 1320. The number of piperidine rings is 1. The van der Waals surface area contributed by atoms with Gasteiger partial charge in [-0.05, 0) is 18.1 Å². The van der Waals surface area contributed by atoms with Gasteiger partial charge < -0.3 is 4.90 Å². The first-order chi connectivity index (χ1) is 16.0. The van der Waals surface area contributed by atoms with Crippen LogP contribution >= 0.6 is 0 Å². The molecule has 0 spiro atoms. The Balaban J connectivity index is 1.32. The maximum absolute atomic E-state index is 11.7. The van der Waals surface area contributed by atoms with Crippen LogP contribution in [0.3, 0.4) is 0 Å². The molecule has 1 aromatic carbocycles.